The van der Waals surface area contributed by atoms with Crippen molar-refractivity contribution in [3.05, 3.63) is 52.9 Å². The molecular weight excluding hydrogens is 446 g/mol. The number of fused-ring (bicyclic) bond motifs is 1. The summed E-state index contributed by atoms with van der Waals surface area (Å²) in [7, 11) is 0. The zero-order valence-electron chi connectivity index (χ0n) is 20.0. The number of piperazine rings is 1. The van der Waals surface area contributed by atoms with Crippen LogP contribution in [-0.2, 0) is 6.54 Å². The van der Waals surface area contributed by atoms with Gasteiger partial charge in [-0.2, -0.15) is 5.10 Å². The van der Waals surface area contributed by atoms with Crippen molar-refractivity contribution in [3.8, 4) is 10.6 Å². The van der Waals surface area contributed by atoms with Gasteiger partial charge in [-0.1, -0.05) is 19.9 Å². The first-order chi connectivity index (χ1) is 16.4. The summed E-state index contributed by atoms with van der Waals surface area (Å²) in [6, 6.07) is 7.99. The number of amides is 1. The van der Waals surface area contributed by atoms with Gasteiger partial charge in [-0.25, -0.2) is 19.6 Å². The van der Waals surface area contributed by atoms with E-state index >= 15 is 0 Å². The molecule has 176 valence electrons. The third-order valence-corrected chi connectivity index (χ3v) is 7.07. The maximum absolute atomic E-state index is 13.7. The molecule has 5 heterocycles. The molecule has 1 aliphatic heterocycles. The lowest BCUT2D eigenvalue weighted by Crippen LogP contribution is -2.49. The molecule has 0 bridgehead atoms. The van der Waals surface area contributed by atoms with Crippen LogP contribution in [0.2, 0.25) is 0 Å². The van der Waals surface area contributed by atoms with Gasteiger partial charge in [0.1, 0.15) is 11.6 Å². The van der Waals surface area contributed by atoms with Crippen LogP contribution in [0.1, 0.15) is 48.6 Å². The van der Waals surface area contributed by atoms with Gasteiger partial charge < -0.3 is 9.80 Å². The molecule has 4 aromatic rings. The quantitative estimate of drug-likeness (QED) is 0.427. The van der Waals surface area contributed by atoms with Crippen molar-refractivity contribution in [1.82, 2.24) is 29.6 Å². The predicted octanol–water partition coefficient (Wildman–Crippen LogP) is 4.36. The number of aromatic nitrogens is 5. The lowest BCUT2D eigenvalue weighted by molar-refractivity contribution is 0.0748. The highest BCUT2D eigenvalue weighted by molar-refractivity contribution is 7.13. The van der Waals surface area contributed by atoms with Gasteiger partial charge in [0.2, 0.25) is 0 Å². The van der Waals surface area contributed by atoms with Gasteiger partial charge in [0.25, 0.3) is 5.91 Å². The van der Waals surface area contributed by atoms with Gasteiger partial charge in [0.05, 0.1) is 27.7 Å². The first kappa shape index (κ1) is 22.5. The molecule has 0 N–H and O–H groups in total. The van der Waals surface area contributed by atoms with E-state index in [1.54, 1.807) is 17.5 Å². The Bertz CT molecular complexity index is 1320. The summed E-state index contributed by atoms with van der Waals surface area (Å²) >= 11 is 1.62. The molecule has 1 saturated heterocycles. The number of carbonyl (C=O) groups is 1. The van der Waals surface area contributed by atoms with Crippen LogP contribution in [0, 0.1) is 6.92 Å². The van der Waals surface area contributed by atoms with Crippen LogP contribution in [0.5, 0.6) is 0 Å². The number of thiophene rings is 1. The van der Waals surface area contributed by atoms with E-state index in [2.05, 4.69) is 28.8 Å². The lowest BCUT2D eigenvalue weighted by Gasteiger charge is -2.35. The number of hydrogen-bond acceptors (Lipinski definition) is 7. The summed E-state index contributed by atoms with van der Waals surface area (Å²) in [5.41, 5.74) is 3.22. The number of anilines is 1. The fourth-order valence-corrected chi connectivity index (χ4v) is 5.00. The topological polar surface area (TPSA) is 80.0 Å². The summed E-state index contributed by atoms with van der Waals surface area (Å²) in [5.74, 6) is 2.11. The second-order valence-corrected chi connectivity index (χ2v) is 9.84. The highest BCUT2D eigenvalue weighted by Crippen LogP contribution is 2.29. The highest BCUT2D eigenvalue weighted by atomic mass is 32.1. The number of hydrogen-bond donors (Lipinski definition) is 0. The normalized spacial score (nSPS) is 14.4. The number of aryl methyl sites for hydroxylation is 2. The molecule has 5 rings (SSSR count). The predicted molar refractivity (Wildman–Crippen MR) is 135 cm³/mol. The maximum atomic E-state index is 13.7. The van der Waals surface area contributed by atoms with Gasteiger partial charge in [-0.3, -0.25) is 4.79 Å². The van der Waals surface area contributed by atoms with Crippen LogP contribution >= 0.6 is 11.3 Å². The zero-order valence-corrected chi connectivity index (χ0v) is 20.8. The highest BCUT2D eigenvalue weighted by Gasteiger charge is 2.26. The molecule has 0 aromatic carbocycles. The van der Waals surface area contributed by atoms with E-state index in [-0.39, 0.29) is 11.8 Å². The van der Waals surface area contributed by atoms with Gasteiger partial charge in [-0.05, 0) is 31.4 Å². The zero-order chi connectivity index (χ0) is 23.8. The van der Waals surface area contributed by atoms with Gasteiger partial charge in [-0.15, -0.1) is 11.3 Å². The van der Waals surface area contributed by atoms with E-state index in [0.29, 0.717) is 25.2 Å². The number of nitrogens with zero attached hydrogens (tertiary/aromatic N) is 7. The molecule has 0 spiro atoms. The summed E-state index contributed by atoms with van der Waals surface area (Å²) in [5, 5.41) is 7.31. The fourth-order valence-electron chi connectivity index (χ4n) is 4.31. The SMILES string of the molecule is CCn1ncc2c(C(=O)N3CCN(c4cc(C)nc(C(C)C)n4)CC3)cc(-c3cccs3)nc21. The van der Waals surface area contributed by atoms with Gasteiger partial charge >= 0.3 is 0 Å². The molecule has 0 unspecified atom stereocenters. The smallest absolute Gasteiger partial charge is 0.254 e. The Labute approximate surface area is 203 Å². The largest absolute Gasteiger partial charge is 0.353 e. The Morgan fingerprint density at radius 1 is 1.12 bits per heavy atom. The van der Waals surface area contributed by atoms with Crippen LogP contribution in [-0.4, -0.2) is 61.7 Å². The molecule has 0 atom stereocenters. The minimum atomic E-state index is 0.0299. The Hall–Kier alpha value is -3.33. The standard InChI is InChI=1S/C25H29N7OS/c1-5-32-24-19(15-26-32)18(14-20(28-24)21-7-6-12-34-21)25(33)31-10-8-30(9-11-31)22-13-17(4)27-23(29-22)16(2)3/h6-7,12-16H,5,8-11H2,1-4H3. The lowest BCUT2D eigenvalue weighted by atomic mass is 10.1. The molecular formula is C25H29N7OS. The summed E-state index contributed by atoms with van der Waals surface area (Å²) in [6.07, 6.45) is 1.77. The molecule has 0 radical (unpaired) electrons. The van der Waals surface area contributed by atoms with E-state index < -0.39 is 0 Å². The van der Waals surface area contributed by atoms with Gasteiger partial charge in [0.15, 0.2) is 5.65 Å². The van der Waals surface area contributed by atoms with Crippen LogP contribution in [0.4, 0.5) is 5.82 Å². The molecule has 34 heavy (non-hydrogen) atoms. The Morgan fingerprint density at radius 3 is 2.59 bits per heavy atom. The van der Waals surface area contributed by atoms with Crippen LogP contribution in [0.25, 0.3) is 21.6 Å². The van der Waals surface area contributed by atoms with Crippen molar-refractivity contribution in [2.45, 2.75) is 40.2 Å². The van der Waals surface area contributed by atoms with Crippen molar-refractivity contribution in [1.29, 1.82) is 0 Å². The molecule has 1 amide bonds. The second kappa shape index (κ2) is 9.13. The molecule has 9 heteroatoms. The summed E-state index contributed by atoms with van der Waals surface area (Å²) in [6.45, 7) is 11.7. The first-order valence-corrected chi connectivity index (χ1v) is 12.6. The molecule has 1 fully saturated rings. The minimum absolute atomic E-state index is 0.0299. The average Bonchev–Trinajstić information content (AvgIpc) is 3.53. The minimum Gasteiger partial charge on any atom is -0.353 e. The van der Waals surface area contributed by atoms with E-state index in [1.165, 1.54) is 0 Å². The van der Waals surface area contributed by atoms with Crippen LogP contribution in [0.3, 0.4) is 0 Å². The Kier molecular flexibility index (Phi) is 6.03. The Balaban J connectivity index is 1.41. The van der Waals surface area contributed by atoms with Crippen LogP contribution in [0.15, 0.2) is 35.8 Å². The van der Waals surface area contributed by atoms with Gasteiger partial charge in [0, 0.05) is 50.4 Å². The third-order valence-electron chi connectivity index (χ3n) is 6.18. The third kappa shape index (κ3) is 4.16. The van der Waals surface area contributed by atoms with E-state index in [9.17, 15) is 4.79 Å². The summed E-state index contributed by atoms with van der Waals surface area (Å²) < 4.78 is 1.85. The molecule has 0 aliphatic carbocycles. The fraction of sp³-hybridized carbons (Fsp3) is 0.400. The van der Waals surface area contributed by atoms with Crippen molar-refractivity contribution in [2.24, 2.45) is 0 Å². The number of carbonyl (C=O) groups excluding carboxylic acids is 1. The van der Waals surface area contributed by atoms with E-state index in [4.69, 9.17) is 9.97 Å². The second-order valence-electron chi connectivity index (χ2n) is 8.89. The number of rotatable bonds is 5. The van der Waals surface area contributed by atoms with Crippen molar-refractivity contribution in [3.63, 3.8) is 0 Å². The molecule has 4 aromatic heterocycles. The van der Waals surface area contributed by atoms with Crippen LogP contribution < -0.4 is 4.90 Å². The average molecular weight is 476 g/mol. The Morgan fingerprint density at radius 2 is 1.91 bits per heavy atom. The first-order valence-electron chi connectivity index (χ1n) is 11.7. The van der Waals surface area contributed by atoms with E-state index in [0.717, 1.165) is 52.0 Å². The molecule has 0 saturated carbocycles. The monoisotopic (exact) mass is 475 g/mol. The van der Waals surface area contributed by atoms with Crippen molar-refractivity contribution < 1.29 is 4.79 Å². The number of pyridine rings is 1. The van der Waals surface area contributed by atoms with Crippen molar-refractivity contribution in [2.75, 3.05) is 31.1 Å². The molecule has 8 nitrogen and oxygen atoms in total. The van der Waals surface area contributed by atoms with Crippen molar-refractivity contribution >= 4 is 34.1 Å². The summed E-state index contributed by atoms with van der Waals surface area (Å²) in [4.78, 5) is 33.1. The van der Waals surface area contributed by atoms with E-state index in [1.807, 2.05) is 53.1 Å². The maximum Gasteiger partial charge on any atom is 0.254 e. The molecule has 1 aliphatic rings.